The molecule has 0 bridgehead atoms. The molecule has 100 valence electrons. The molecule has 1 amide bonds. The zero-order chi connectivity index (χ0) is 13.8. The minimum Gasteiger partial charge on any atom is -0.379 e. The molecule has 1 rings (SSSR count). The molecular formula is C14H23N3O. The summed E-state index contributed by atoms with van der Waals surface area (Å²) in [5.41, 5.74) is 1.46. The van der Waals surface area contributed by atoms with Crippen LogP contribution < -0.4 is 5.32 Å². The highest BCUT2D eigenvalue weighted by atomic mass is 16.2. The van der Waals surface area contributed by atoms with Crippen LogP contribution in [0.15, 0.2) is 18.5 Å². The maximum atomic E-state index is 12.2. The Morgan fingerprint density at radius 2 is 1.89 bits per heavy atom. The van der Waals surface area contributed by atoms with Crippen molar-refractivity contribution in [3.05, 3.63) is 24.0 Å². The Hall–Kier alpha value is -1.58. The lowest BCUT2D eigenvalue weighted by Gasteiger charge is -2.23. The topological polar surface area (TPSA) is 45.2 Å². The molecule has 18 heavy (non-hydrogen) atoms. The monoisotopic (exact) mass is 249 g/mol. The first-order valence-corrected chi connectivity index (χ1v) is 6.40. The number of rotatable bonds is 4. The zero-order valence-electron chi connectivity index (χ0n) is 11.9. The lowest BCUT2D eigenvalue weighted by molar-refractivity contribution is 0.0772. The fourth-order valence-corrected chi connectivity index (χ4v) is 1.75. The van der Waals surface area contributed by atoms with Crippen molar-refractivity contribution in [3.63, 3.8) is 0 Å². The molecule has 1 heterocycles. The van der Waals surface area contributed by atoms with E-state index in [1.165, 1.54) is 0 Å². The number of nitrogens with zero attached hydrogens (tertiary/aromatic N) is 2. The minimum absolute atomic E-state index is 0.0325. The summed E-state index contributed by atoms with van der Waals surface area (Å²) in [4.78, 5) is 18.1. The Bertz CT molecular complexity index is 406. The molecule has 0 atom stereocenters. The Kier molecular flexibility index (Phi) is 4.70. The van der Waals surface area contributed by atoms with Gasteiger partial charge >= 0.3 is 0 Å². The van der Waals surface area contributed by atoms with E-state index in [2.05, 4.69) is 31.1 Å². The quantitative estimate of drug-likeness (QED) is 0.892. The SMILES string of the molecule is CCN(CC)C(=O)c1cncc(NC(C)(C)C)c1. The van der Waals surface area contributed by atoms with Gasteiger partial charge in [-0.2, -0.15) is 0 Å². The summed E-state index contributed by atoms with van der Waals surface area (Å²) < 4.78 is 0. The van der Waals surface area contributed by atoms with Gasteiger partial charge < -0.3 is 10.2 Å². The summed E-state index contributed by atoms with van der Waals surface area (Å²) in [6.07, 6.45) is 3.36. The van der Waals surface area contributed by atoms with Crippen LogP contribution in [0.5, 0.6) is 0 Å². The van der Waals surface area contributed by atoms with Crippen molar-refractivity contribution in [2.24, 2.45) is 0 Å². The lowest BCUT2D eigenvalue weighted by Crippen LogP contribution is -2.31. The third-order valence-electron chi connectivity index (χ3n) is 2.56. The second-order valence-corrected chi connectivity index (χ2v) is 5.31. The molecule has 1 N–H and O–H groups in total. The fraction of sp³-hybridized carbons (Fsp3) is 0.571. The number of anilines is 1. The average molecular weight is 249 g/mol. The Morgan fingerprint density at radius 3 is 2.39 bits per heavy atom. The van der Waals surface area contributed by atoms with E-state index >= 15 is 0 Å². The highest BCUT2D eigenvalue weighted by Gasteiger charge is 2.15. The largest absolute Gasteiger partial charge is 0.379 e. The molecule has 0 saturated heterocycles. The van der Waals surface area contributed by atoms with Crippen LogP contribution in [0.2, 0.25) is 0 Å². The molecule has 4 heteroatoms. The van der Waals surface area contributed by atoms with Gasteiger partial charge in [-0.3, -0.25) is 9.78 Å². The number of pyridine rings is 1. The maximum absolute atomic E-state index is 12.2. The third kappa shape index (κ3) is 4.02. The molecular weight excluding hydrogens is 226 g/mol. The van der Waals surface area contributed by atoms with Gasteiger partial charge in [0.25, 0.3) is 5.91 Å². The van der Waals surface area contributed by atoms with Crippen molar-refractivity contribution < 1.29 is 4.79 Å². The normalized spacial score (nSPS) is 11.2. The van der Waals surface area contributed by atoms with Gasteiger partial charge in [-0.05, 0) is 40.7 Å². The standard InChI is InChI=1S/C14H23N3O/c1-6-17(7-2)13(18)11-8-12(10-15-9-11)16-14(3,4)5/h8-10,16H,6-7H2,1-5H3. The van der Waals surface area contributed by atoms with Crippen LogP contribution in [0.1, 0.15) is 45.0 Å². The Labute approximate surface area is 109 Å². The van der Waals surface area contributed by atoms with E-state index < -0.39 is 0 Å². The molecule has 0 aliphatic carbocycles. The van der Waals surface area contributed by atoms with Crippen LogP contribution in [-0.2, 0) is 0 Å². The van der Waals surface area contributed by atoms with Gasteiger partial charge in [-0.25, -0.2) is 0 Å². The summed E-state index contributed by atoms with van der Waals surface area (Å²) >= 11 is 0. The first kappa shape index (κ1) is 14.5. The van der Waals surface area contributed by atoms with Gasteiger partial charge in [0.1, 0.15) is 0 Å². The highest BCUT2D eigenvalue weighted by Crippen LogP contribution is 2.15. The molecule has 1 aromatic rings. The van der Waals surface area contributed by atoms with Gasteiger partial charge in [0.05, 0.1) is 11.3 Å². The number of carbonyl (C=O) groups excluding carboxylic acids is 1. The molecule has 0 fully saturated rings. The molecule has 0 saturated carbocycles. The number of hydrogen-bond acceptors (Lipinski definition) is 3. The molecule has 0 unspecified atom stereocenters. The van der Waals surface area contributed by atoms with E-state index in [9.17, 15) is 4.79 Å². The number of carbonyl (C=O) groups is 1. The highest BCUT2D eigenvalue weighted by molar-refractivity contribution is 5.94. The summed E-state index contributed by atoms with van der Waals surface area (Å²) in [6.45, 7) is 11.6. The summed E-state index contributed by atoms with van der Waals surface area (Å²) in [7, 11) is 0. The molecule has 0 aliphatic rings. The van der Waals surface area contributed by atoms with Crippen LogP contribution >= 0.6 is 0 Å². The summed E-state index contributed by atoms with van der Waals surface area (Å²) in [5, 5.41) is 3.32. The van der Waals surface area contributed by atoms with Crippen molar-refractivity contribution in [2.45, 2.75) is 40.2 Å². The van der Waals surface area contributed by atoms with Gasteiger partial charge in [0.2, 0.25) is 0 Å². The third-order valence-corrected chi connectivity index (χ3v) is 2.56. The van der Waals surface area contributed by atoms with Crippen LogP contribution in [0.3, 0.4) is 0 Å². The van der Waals surface area contributed by atoms with Crippen LogP contribution in [0.4, 0.5) is 5.69 Å². The molecule has 1 aromatic heterocycles. The Morgan fingerprint density at radius 1 is 1.28 bits per heavy atom. The number of amides is 1. The van der Waals surface area contributed by atoms with Crippen molar-refractivity contribution in [3.8, 4) is 0 Å². The zero-order valence-corrected chi connectivity index (χ0v) is 11.9. The van der Waals surface area contributed by atoms with Crippen LogP contribution in [0, 0.1) is 0 Å². The summed E-state index contributed by atoms with van der Waals surface area (Å²) in [5.74, 6) is 0.0325. The van der Waals surface area contributed by atoms with Crippen molar-refractivity contribution >= 4 is 11.6 Å². The van der Waals surface area contributed by atoms with E-state index in [0.717, 1.165) is 5.69 Å². The number of aromatic nitrogens is 1. The first-order chi connectivity index (χ1) is 8.37. The van der Waals surface area contributed by atoms with Crippen molar-refractivity contribution in [2.75, 3.05) is 18.4 Å². The predicted molar refractivity (Wildman–Crippen MR) is 74.9 cm³/mol. The maximum Gasteiger partial charge on any atom is 0.255 e. The van der Waals surface area contributed by atoms with Crippen molar-refractivity contribution in [1.29, 1.82) is 0 Å². The minimum atomic E-state index is -0.0431. The average Bonchev–Trinajstić information content (AvgIpc) is 2.28. The molecule has 0 radical (unpaired) electrons. The Balaban J connectivity index is 2.91. The van der Waals surface area contributed by atoms with E-state index in [1.54, 1.807) is 17.3 Å². The fourth-order valence-electron chi connectivity index (χ4n) is 1.75. The van der Waals surface area contributed by atoms with Gasteiger partial charge in [-0.15, -0.1) is 0 Å². The van der Waals surface area contributed by atoms with E-state index in [4.69, 9.17) is 0 Å². The number of nitrogens with one attached hydrogen (secondary N) is 1. The van der Waals surface area contributed by atoms with Gasteiger partial charge in [-0.1, -0.05) is 0 Å². The molecule has 4 nitrogen and oxygen atoms in total. The van der Waals surface area contributed by atoms with Gasteiger partial charge in [0, 0.05) is 31.0 Å². The second-order valence-electron chi connectivity index (χ2n) is 5.31. The van der Waals surface area contributed by atoms with Crippen molar-refractivity contribution in [1.82, 2.24) is 9.88 Å². The van der Waals surface area contributed by atoms with E-state index in [1.807, 2.05) is 19.9 Å². The van der Waals surface area contributed by atoms with Crippen LogP contribution in [-0.4, -0.2) is 34.4 Å². The number of hydrogen-bond donors (Lipinski definition) is 1. The predicted octanol–water partition coefficient (Wildman–Crippen LogP) is 2.77. The molecule has 0 aromatic carbocycles. The molecule has 0 spiro atoms. The first-order valence-electron chi connectivity index (χ1n) is 6.40. The second kappa shape index (κ2) is 5.85. The van der Waals surface area contributed by atoms with Gasteiger partial charge in [0.15, 0.2) is 0 Å². The summed E-state index contributed by atoms with van der Waals surface area (Å²) in [6, 6.07) is 1.86. The van der Waals surface area contributed by atoms with Crippen LogP contribution in [0.25, 0.3) is 0 Å². The van der Waals surface area contributed by atoms with E-state index in [0.29, 0.717) is 18.7 Å². The smallest absolute Gasteiger partial charge is 0.255 e. The van der Waals surface area contributed by atoms with E-state index in [-0.39, 0.29) is 11.4 Å². The molecule has 0 aliphatic heterocycles. The lowest BCUT2D eigenvalue weighted by atomic mass is 10.1.